The van der Waals surface area contributed by atoms with E-state index >= 15 is 0 Å². The number of anilines is 1. The molecule has 0 aromatic carbocycles. The molecule has 0 saturated carbocycles. The Balaban J connectivity index is 1.92. The molecule has 1 amide bonds. The van der Waals surface area contributed by atoms with Crippen LogP contribution in [-0.2, 0) is 17.3 Å². The number of nitrogens with one attached hydrogen (secondary N) is 2. The summed E-state index contributed by atoms with van der Waals surface area (Å²) in [5.74, 6) is -3.49. The van der Waals surface area contributed by atoms with Crippen LogP contribution >= 0.6 is 11.3 Å². The van der Waals surface area contributed by atoms with E-state index in [1.165, 1.54) is 29.0 Å². The monoisotopic (exact) mass is 476 g/mol. The molecule has 11 heteroatoms. The van der Waals surface area contributed by atoms with Gasteiger partial charge in [-0.2, -0.15) is 14.0 Å². The van der Waals surface area contributed by atoms with Gasteiger partial charge in [0.25, 0.3) is 11.5 Å². The van der Waals surface area contributed by atoms with Gasteiger partial charge in [-0.1, -0.05) is 6.07 Å². The second-order valence-corrected chi connectivity index (χ2v) is 8.58. The smallest absolute Gasteiger partial charge is 0.302 e. The minimum Gasteiger partial charge on any atom is -0.352 e. The van der Waals surface area contributed by atoms with Crippen LogP contribution in [0.3, 0.4) is 0 Å². The molecule has 3 heterocycles. The minimum absolute atomic E-state index is 0.151. The molecule has 1 aliphatic rings. The van der Waals surface area contributed by atoms with E-state index in [9.17, 15) is 23.6 Å². The maximum atomic E-state index is 14.7. The summed E-state index contributed by atoms with van der Waals surface area (Å²) < 4.78 is 31.2. The first kappa shape index (κ1) is 24.5. The van der Waals surface area contributed by atoms with Crippen LogP contribution in [-0.4, -0.2) is 46.5 Å². The summed E-state index contributed by atoms with van der Waals surface area (Å²) in [6, 6.07) is 6.17. The van der Waals surface area contributed by atoms with Gasteiger partial charge in [-0.25, -0.2) is 4.98 Å². The maximum absolute atomic E-state index is 14.7. The first-order chi connectivity index (χ1) is 15.8. The number of rotatable bonds is 8. The number of aromatic nitrogens is 2. The van der Waals surface area contributed by atoms with Gasteiger partial charge in [-0.15, -0.1) is 11.3 Å². The molecular weight excluding hydrogens is 450 g/mol. The number of likely N-dealkylation sites (tertiary alicyclic amines) is 1. The van der Waals surface area contributed by atoms with Crippen LogP contribution in [0.5, 0.6) is 0 Å². The lowest BCUT2D eigenvalue weighted by molar-refractivity contribution is -0.115. The topological polar surface area (TPSA) is 103 Å². The molecule has 0 spiro atoms. The number of hydrogen-bond donors (Lipinski definition) is 2. The molecule has 2 aromatic rings. The largest absolute Gasteiger partial charge is 0.352 e. The molecule has 0 bridgehead atoms. The predicted octanol–water partition coefficient (Wildman–Crippen LogP) is 1.17. The van der Waals surface area contributed by atoms with Crippen LogP contribution in [0.15, 0.2) is 23.0 Å². The number of carbonyl (C=O) groups is 1. The van der Waals surface area contributed by atoms with Crippen molar-refractivity contribution >= 4 is 34.8 Å². The highest BCUT2D eigenvalue weighted by atomic mass is 32.1. The Morgan fingerprint density at radius 3 is 2.70 bits per heavy atom. The van der Waals surface area contributed by atoms with Gasteiger partial charge in [0.15, 0.2) is 5.57 Å². The van der Waals surface area contributed by atoms with E-state index in [2.05, 4.69) is 15.6 Å². The molecule has 0 radical (unpaired) electrons. The summed E-state index contributed by atoms with van der Waals surface area (Å²) in [7, 11) is 0. The first-order valence-electron chi connectivity index (χ1n) is 10.8. The Bertz CT molecular complexity index is 1220. The molecule has 2 aromatic heterocycles. The quantitative estimate of drug-likeness (QED) is 0.593. The summed E-state index contributed by atoms with van der Waals surface area (Å²) >= 11 is 0.977. The van der Waals surface area contributed by atoms with E-state index in [1.54, 1.807) is 18.7 Å². The zero-order chi connectivity index (χ0) is 24.0. The standard InChI is InChI=1S/C22H26F2N6O2S/c1-3-26-19(31)15(12-25)21-30(4-2)20(32)16(33-21)13-27-18-9-7-8-17(28-18)22(23,24)14-29-10-5-6-11-29/h7-9,13H,3-6,10-11,14H2,1-2H3,(H,26,31)(H,27,28). The van der Waals surface area contributed by atoms with Crippen molar-refractivity contribution in [2.75, 3.05) is 31.5 Å². The van der Waals surface area contributed by atoms with E-state index < -0.39 is 17.4 Å². The van der Waals surface area contributed by atoms with Crippen molar-refractivity contribution in [2.24, 2.45) is 0 Å². The predicted molar refractivity (Wildman–Crippen MR) is 123 cm³/mol. The van der Waals surface area contributed by atoms with Crippen molar-refractivity contribution in [3.05, 3.63) is 43.4 Å². The van der Waals surface area contributed by atoms with Gasteiger partial charge >= 0.3 is 5.92 Å². The van der Waals surface area contributed by atoms with E-state index in [4.69, 9.17) is 0 Å². The number of nitrogens with zero attached hydrogens (tertiary/aromatic N) is 4. The lowest BCUT2D eigenvalue weighted by Gasteiger charge is -2.22. The van der Waals surface area contributed by atoms with E-state index in [0.29, 0.717) is 19.6 Å². The number of nitriles is 1. The van der Waals surface area contributed by atoms with Crippen LogP contribution < -0.4 is 25.4 Å². The highest BCUT2D eigenvalue weighted by Crippen LogP contribution is 2.29. The lowest BCUT2D eigenvalue weighted by atomic mass is 10.2. The molecular formula is C22H26F2N6O2S. The van der Waals surface area contributed by atoms with Gasteiger partial charge in [0.05, 0.1) is 6.54 Å². The number of halogens is 2. The van der Waals surface area contributed by atoms with Crippen LogP contribution in [0.25, 0.3) is 11.8 Å². The Morgan fingerprint density at radius 2 is 2.06 bits per heavy atom. The zero-order valence-corrected chi connectivity index (χ0v) is 19.3. The Hall–Kier alpha value is -3.10. The molecule has 0 unspecified atom stereocenters. The Morgan fingerprint density at radius 1 is 1.33 bits per heavy atom. The van der Waals surface area contributed by atoms with Crippen molar-refractivity contribution in [3.8, 4) is 6.07 Å². The van der Waals surface area contributed by atoms with Gasteiger partial charge in [0.2, 0.25) is 0 Å². The number of carbonyl (C=O) groups excluding carboxylic acids is 1. The van der Waals surface area contributed by atoms with Gasteiger partial charge in [-0.05, 0) is 51.9 Å². The highest BCUT2D eigenvalue weighted by Gasteiger charge is 2.36. The van der Waals surface area contributed by atoms with E-state index in [-0.39, 0.29) is 39.4 Å². The lowest BCUT2D eigenvalue weighted by Crippen LogP contribution is -2.34. The number of thiazole rings is 1. The van der Waals surface area contributed by atoms with Crippen LogP contribution in [0.4, 0.5) is 14.6 Å². The third kappa shape index (κ3) is 5.64. The number of hydrogen-bond acceptors (Lipinski definition) is 7. The molecule has 0 aliphatic carbocycles. The Kier molecular flexibility index (Phi) is 7.94. The van der Waals surface area contributed by atoms with Crippen LogP contribution in [0, 0.1) is 11.3 Å². The fourth-order valence-electron chi connectivity index (χ4n) is 3.60. The summed E-state index contributed by atoms with van der Waals surface area (Å²) in [4.78, 5) is 30.7. The summed E-state index contributed by atoms with van der Waals surface area (Å²) in [6.45, 7) is 5.00. The van der Waals surface area contributed by atoms with Gasteiger partial charge in [0, 0.05) is 19.3 Å². The fraction of sp³-hybridized carbons (Fsp3) is 0.455. The number of alkyl halides is 2. The maximum Gasteiger partial charge on any atom is 0.302 e. The molecule has 1 saturated heterocycles. The molecule has 3 rings (SSSR count). The second-order valence-electron chi connectivity index (χ2n) is 7.55. The molecule has 176 valence electrons. The second kappa shape index (κ2) is 10.7. The van der Waals surface area contributed by atoms with Gasteiger partial charge < -0.3 is 10.6 Å². The highest BCUT2D eigenvalue weighted by molar-refractivity contribution is 7.07. The average molecular weight is 477 g/mol. The average Bonchev–Trinajstić information content (AvgIpc) is 3.40. The number of pyridine rings is 1. The molecule has 1 aliphatic heterocycles. The van der Waals surface area contributed by atoms with Crippen LogP contribution in [0.2, 0.25) is 0 Å². The van der Waals surface area contributed by atoms with Crippen molar-refractivity contribution in [1.82, 2.24) is 19.8 Å². The molecule has 2 N–H and O–H groups in total. The third-order valence-electron chi connectivity index (χ3n) is 5.21. The van der Waals surface area contributed by atoms with Gasteiger partial charge in [-0.3, -0.25) is 19.1 Å². The summed E-state index contributed by atoms with van der Waals surface area (Å²) in [5, 5.41) is 14.8. The van der Waals surface area contributed by atoms with Gasteiger partial charge in [0.1, 0.15) is 26.8 Å². The third-order valence-corrected chi connectivity index (χ3v) is 6.34. The minimum atomic E-state index is -3.10. The number of amides is 1. The van der Waals surface area contributed by atoms with E-state index in [0.717, 1.165) is 24.2 Å². The Labute approximate surface area is 193 Å². The summed E-state index contributed by atoms with van der Waals surface area (Å²) in [6.07, 6.45) is 3.20. The molecule has 1 fully saturated rings. The molecule has 0 atom stereocenters. The van der Waals surface area contributed by atoms with Crippen LogP contribution in [0.1, 0.15) is 32.4 Å². The fourth-order valence-corrected chi connectivity index (χ4v) is 4.68. The normalized spacial score (nSPS) is 15.9. The molecule has 8 nitrogen and oxygen atoms in total. The first-order valence-corrected chi connectivity index (χ1v) is 11.6. The van der Waals surface area contributed by atoms with E-state index in [1.807, 2.05) is 6.07 Å². The molecule has 33 heavy (non-hydrogen) atoms. The summed E-state index contributed by atoms with van der Waals surface area (Å²) in [5.41, 5.74) is -0.887. The SMILES string of the molecule is CCNC(=O)C(C#N)=c1sc(=CNc2cccc(C(F)(F)CN3CCCC3)n2)c(=O)n1CC. The zero-order valence-electron chi connectivity index (χ0n) is 18.5. The van der Waals surface area contributed by atoms with Crippen molar-refractivity contribution < 1.29 is 13.6 Å². The van der Waals surface area contributed by atoms with Crippen molar-refractivity contribution in [1.29, 1.82) is 5.26 Å². The van der Waals surface area contributed by atoms with Crippen molar-refractivity contribution in [2.45, 2.75) is 39.2 Å². The van der Waals surface area contributed by atoms with Crippen molar-refractivity contribution in [3.63, 3.8) is 0 Å².